The van der Waals surface area contributed by atoms with Crippen molar-refractivity contribution in [2.24, 2.45) is 0 Å². The largest absolute Gasteiger partial charge is 0.304 e. The van der Waals surface area contributed by atoms with E-state index in [-0.39, 0.29) is 5.54 Å². The summed E-state index contributed by atoms with van der Waals surface area (Å²) in [7, 11) is 3.96. The van der Waals surface area contributed by atoms with Crippen LogP contribution in [0.15, 0.2) is 0 Å². The van der Waals surface area contributed by atoms with Gasteiger partial charge in [-0.1, -0.05) is 4.85 Å². The summed E-state index contributed by atoms with van der Waals surface area (Å²) < 4.78 is 0. The highest BCUT2D eigenvalue weighted by molar-refractivity contribution is 5.08. The van der Waals surface area contributed by atoms with Crippen LogP contribution in [-0.4, -0.2) is 55.6 Å². The van der Waals surface area contributed by atoms with Gasteiger partial charge in [0.25, 0.3) is 13.1 Å². The van der Waals surface area contributed by atoms with Crippen molar-refractivity contribution in [2.45, 2.75) is 19.4 Å². The zero-order valence-electron chi connectivity index (χ0n) is 9.17. The maximum atomic E-state index is 4.00. The lowest BCUT2D eigenvalue weighted by Gasteiger charge is -2.37. The molecule has 1 rings (SSSR count). The van der Waals surface area contributed by atoms with E-state index in [1.807, 2.05) is 0 Å². The zero-order chi connectivity index (χ0) is 9.90. The fourth-order valence-electron chi connectivity index (χ4n) is 1.71. The number of rotatable bonds is 1. The summed E-state index contributed by atoms with van der Waals surface area (Å²) in [5.74, 6) is 0. The average Bonchev–Trinajstić information content (AvgIpc) is 2.05. The van der Waals surface area contributed by atoms with Gasteiger partial charge >= 0.3 is 0 Å². The number of nitrogens with zero attached hydrogens (tertiary/aromatic N) is 3. The van der Waals surface area contributed by atoms with E-state index in [1.54, 1.807) is 7.05 Å². The smallest absolute Gasteiger partial charge is 0.294 e. The van der Waals surface area contributed by atoms with Crippen LogP contribution in [0, 0.1) is 6.07 Å². The molecule has 0 unspecified atom stereocenters. The third-order valence-corrected chi connectivity index (χ3v) is 2.68. The Balaban J connectivity index is 2.56. The van der Waals surface area contributed by atoms with E-state index in [2.05, 4.69) is 41.6 Å². The van der Waals surface area contributed by atoms with Crippen molar-refractivity contribution in [1.82, 2.24) is 9.80 Å². The lowest BCUT2D eigenvalue weighted by molar-refractivity contribution is 0.0944. The first-order valence-corrected chi connectivity index (χ1v) is 4.86. The molecule has 74 valence electrons. The van der Waals surface area contributed by atoms with Crippen LogP contribution in [0.5, 0.6) is 0 Å². The Kier molecular flexibility index (Phi) is 3.29. The molecule has 0 spiro atoms. The molecule has 1 aliphatic heterocycles. The Morgan fingerprint density at radius 3 is 2.15 bits per heavy atom. The minimum atomic E-state index is -0.00396. The van der Waals surface area contributed by atoms with Gasteiger partial charge in [0.15, 0.2) is 0 Å². The van der Waals surface area contributed by atoms with Crippen LogP contribution in [0.4, 0.5) is 0 Å². The lowest BCUT2D eigenvalue weighted by atomic mass is 10.0. The normalized spacial score (nSPS) is 20.9. The molecule has 0 aromatic heterocycles. The monoisotopic (exact) mass is 182 g/mol. The van der Waals surface area contributed by atoms with E-state index in [4.69, 9.17) is 0 Å². The van der Waals surface area contributed by atoms with E-state index < -0.39 is 0 Å². The fourth-order valence-corrected chi connectivity index (χ4v) is 1.71. The van der Waals surface area contributed by atoms with Gasteiger partial charge in [0.2, 0.25) is 0 Å². The van der Waals surface area contributed by atoms with Crippen LogP contribution >= 0.6 is 0 Å². The molecular formula is C10H20N3+. The van der Waals surface area contributed by atoms with Gasteiger partial charge in [0.1, 0.15) is 5.54 Å². The van der Waals surface area contributed by atoms with Crippen LogP contribution < -0.4 is 0 Å². The number of piperazine rings is 1. The molecule has 1 fully saturated rings. The van der Waals surface area contributed by atoms with Crippen LogP contribution in [-0.2, 0) is 0 Å². The summed E-state index contributed by atoms with van der Waals surface area (Å²) in [5, 5.41) is 0. The van der Waals surface area contributed by atoms with Gasteiger partial charge in [-0.2, -0.15) is 0 Å². The number of hydrogen-bond acceptors (Lipinski definition) is 2. The standard InChI is InChI=1S/C10H20N3/c1-10(2,9-11-3)13-7-5-12(4)6-8-13/h5-8H2,1-4H3/q+1. The Morgan fingerprint density at radius 1 is 1.15 bits per heavy atom. The van der Waals surface area contributed by atoms with Crippen molar-refractivity contribution in [3.8, 4) is 6.07 Å². The Bertz CT molecular complexity index is 216. The molecule has 1 saturated heterocycles. The molecule has 0 N–H and O–H groups in total. The minimum absolute atomic E-state index is 0.00396. The summed E-state index contributed by atoms with van der Waals surface area (Å²) in [6.07, 6.45) is 0. The maximum Gasteiger partial charge on any atom is 0.294 e. The molecule has 0 aromatic rings. The summed E-state index contributed by atoms with van der Waals surface area (Å²) >= 11 is 0. The Hall–Kier alpha value is -0.590. The highest BCUT2D eigenvalue weighted by atomic mass is 15.3. The van der Waals surface area contributed by atoms with Gasteiger partial charge in [-0.3, -0.25) is 4.90 Å². The van der Waals surface area contributed by atoms with E-state index in [9.17, 15) is 0 Å². The van der Waals surface area contributed by atoms with Gasteiger partial charge in [-0.15, -0.1) is 0 Å². The molecule has 13 heavy (non-hydrogen) atoms. The second-order valence-electron chi connectivity index (χ2n) is 4.18. The minimum Gasteiger partial charge on any atom is -0.304 e. The average molecular weight is 182 g/mol. The second-order valence-corrected chi connectivity index (χ2v) is 4.18. The summed E-state index contributed by atoms with van der Waals surface area (Å²) in [4.78, 5) is 8.78. The fraction of sp³-hybridized carbons (Fsp3) is 0.900. The van der Waals surface area contributed by atoms with Gasteiger partial charge in [0, 0.05) is 26.2 Å². The quantitative estimate of drug-likeness (QED) is 0.598. The Labute approximate surface area is 81.1 Å². The maximum absolute atomic E-state index is 4.00. The van der Waals surface area contributed by atoms with E-state index in [0.717, 1.165) is 26.2 Å². The number of likely N-dealkylation sites (N-methyl/N-ethyl adjacent to an activating group) is 1. The van der Waals surface area contributed by atoms with Crippen molar-refractivity contribution in [2.75, 3.05) is 40.3 Å². The van der Waals surface area contributed by atoms with E-state index >= 15 is 0 Å². The molecule has 0 saturated carbocycles. The zero-order valence-corrected chi connectivity index (χ0v) is 9.17. The van der Waals surface area contributed by atoms with Gasteiger partial charge < -0.3 is 4.90 Å². The molecule has 0 atom stereocenters. The van der Waals surface area contributed by atoms with Crippen LogP contribution in [0.3, 0.4) is 0 Å². The molecule has 3 nitrogen and oxygen atoms in total. The van der Waals surface area contributed by atoms with Crippen molar-refractivity contribution in [3.63, 3.8) is 0 Å². The summed E-state index contributed by atoms with van der Waals surface area (Å²) in [6, 6.07) is 3.14. The highest BCUT2D eigenvalue weighted by Crippen LogP contribution is 2.15. The summed E-state index contributed by atoms with van der Waals surface area (Å²) in [5.41, 5.74) is -0.00396. The van der Waals surface area contributed by atoms with E-state index in [0.29, 0.717) is 0 Å². The first kappa shape index (κ1) is 10.5. The summed E-state index contributed by atoms with van der Waals surface area (Å²) in [6.45, 7) is 8.87. The van der Waals surface area contributed by atoms with Gasteiger partial charge in [-0.25, -0.2) is 0 Å². The van der Waals surface area contributed by atoms with Crippen molar-refractivity contribution in [3.05, 3.63) is 4.85 Å². The van der Waals surface area contributed by atoms with Gasteiger partial charge in [0.05, 0.1) is 0 Å². The topological polar surface area (TPSA) is 10.8 Å². The highest BCUT2D eigenvalue weighted by Gasteiger charge is 2.32. The van der Waals surface area contributed by atoms with Crippen molar-refractivity contribution >= 4 is 0 Å². The number of hydrogen-bond donors (Lipinski definition) is 0. The molecular weight excluding hydrogens is 162 g/mol. The predicted molar refractivity (Wildman–Crippen MR) is 56.3 cm³/mol. The third-order valence-electron chi connectivity index (χ3n) is 2.68. The SMILES string of the molecule is C[N+]#CC(C)(C)N1CCN(C)CC1. The van der Waals surface area contributed by atoms with E-state index in [1.165, 1.54) is 0 Å². The second kappa shape index (κ2) is 4.08. The predicted octanol–water partition coefficient (Wildman–Crippen LogP) is 0.975. The molecule has 1 heterocycles. The molecule has 0 aliphatic carbocycles. The Morgan fingerprint density at radius 2 is 1.69 bits per heavy atom. The lowest BCUT2D eigenvalue weighted by Crippen LogP contribution is -2.53. The molecule has 0 aromatic carbocycles. The molecule has 0 amide bonds. The van der Waals surface area contributed by atoms with Crippen molar-refractivity contribution < 1.29 is 0 Å². The van der Waals surface area contributed by atoms with Crippen LogP contribution in [0.1, 0.15) is 13.8 Å². The van der Waals surface area contributed by atoms with Crippen LogP contribution in [0.2, 0.25) is 0 Å². The molecule has 3 heteroatoms. The van der Waals surface area contributed by atoms with Gasteiger partial charge in [-0.05, 0) is 20.9 Å². The van der Waals surface area contributed by atoms with Crippen LogP contribution in [0.25, 0.3) is 4.85 Å². The first-order chi connectivity index (χ1) is 6.06. The third kappa shape index (κ3) is 2.68. The van der Waals surface area contributed by atoms with Crippen molar-refractivity contribution in [1.29, 1.82) is 0 Å². The molecule has 0 radical (unpaired) electrons. The molecule has 0 bridgehead atoms. The molecule has 1 aliphatic rings. The first-order valence-electron chi connectivity index (χ1n) is 4.86.